The summed E-state index contributed by atoms with van der Waals surface area (Å²) in [4.78, 5) is 36.4. The van der Waals surface area contributed by atoms with Crippen molar-refractivity contribution in [2.75, 3.05) is 20.8 Å². The zero-order valence-electron chi connectivity index (χ0n) is 18.9. The van der Waals surface area contributed by atoms with Crippen LogP contribution in [0.1, 0.15) is 26.3 Å². The van der Waals surface area contributed by atoms with Crippen LogP contribution in [0.5, 0.6) is 17.2 Å². The monoisotopic (exact) mass is 479 g/mol. The van der Waals surface area contributed by atoms with E-state index in [1.165, 1.54) is 50.8 Å². The van der Waals surface area contributed by atoms with Crippen molar-refractivity contribution < 1.29 is 33.0 Å². The summed E-state index contributed by atoms with van der Waals surface area (Å²) in [7, 11) is 2.94. The molecule has 0 saturated heterocycles. The van der Waals surface area contributed by atoms with E-state index in [2.05, 4.69) is 15.8 Å². The predicted octanol–water partition coefficient (Wildman–Crippen LogP) is 2.94. The van der Waals surface area contributed by atoms with Crippen molar-refractivity contribution in [2.24, 2.45) is 5.10 Å². The third kappa shape index (κ3) is 7.13. The summed E-state index contributed by atoms with van der Waals surface area (Å²) in [6, 6.07) is 16.2. The van der Waals surface area contributed by atoms with E-state index in [-0.39, 0.29) is 17.9 Å². The summed E-state index contributed by atoms with van der Waals surface area (Å²) in [6.07, 6.45) is 1.34. The zero-order valence-corrected chi connectivity index (χ0v) is 18.9. The number of esters is 1. The lowest BCUT2D eigenvalue weighted by molar-refractivity contribution is -0.120. The van der Waals surface area contributed by atoms with Gasteiger partial charge in [-0.15, -0.1) is 0 Å². The number of halogens is 1. The Morgan fingerprint density at radius 3 is 2.43 bits per heavy atom. The number of hydrazone groups is 1. The van der Waals surface area contributed by atoms with E-state index in [4.69, 9.17) is 14.2 Å². The Bertz CT molecular complexity index is 1260. The fourth-order valence-electron chi connectivity index (χ4n) is 2.90. The van der Waals surface area contributed by atoms with Gasteiger partial charge in [-0.3, -0.25) is 9.59 Å². The van der Waals surface area contributed by atoms with Crippen LogP contribution in [-0.2, 0) is 4.79 Å². The van der Waals surface area contributed by atoms with Gasteiger partial charge in [-0.2, -0.15) is 5.10 Å². The van der Waals surface area contributed by atoms with Crippen molar-refractivity contribution in [2.45, 2.75) is 0 Å². The van der Waals surface area contributed by atoms with Crippen LogP contribution in [0.15, 0.2) is 71.8 Å². The molecule has 0 heterocycles. The lowest BCUT2D eigenvalue weighted by Gasteiger charge is -2.09. The molecule has 0 bridgehead atoms. The Morgan fingerprint density at radius 1 is 0.914 bits per heavy atom. The fraction of sp³-hybridized carbons (Fsp3) is 0.120. The van der Waals surface area contributed by atoms with Crippen molar-refractivity contribution in [1.82, 2.24) is 10.7 Å². The van der Waals surface area contributed by atoms with Crippen LogP contribution in [-0.4, -0.2) is 44.8 Å². The maximum atomic E-state index is 13.3. The van der Waals surface area contributed by atoms with E-state index in [0.717, 1.165) is 6.07 Å². The number of rotatable bonds is 9. The number of ether oxygens (including phenoxy) is 3. The average molecular weight is 479 g/mol. The lowest BCUT2D eigenvalue weighted by atomic mass is 10.2. The minimum absolute atomic E-state index is 0.0754. The number of hydrogen-bond donors (Lipinski definition) is 2. The van der Waals surface area contributed by atoms with E-state index < -0.39 is 23.6 Å². The largest absolute Gasteiger partial charge is 0.493 e. The fourth-order valence-corrected chi connectivity index (χ4v) is 2.90. The smallest absolute Gasteiger partial charge is 0.343 e. The van der Waals surface area contributed by atoms with Crippen LogP contribution in [0.4, 0.5) is 4.39 Å². The average Bonchev–Trinajstić information content (AvgIpc) is 2.87. The number of amides is 2. The highest BCUT2D eigenvalue weighted by Gasteiger charge is 2.12. The summed E-state index contributed by atoms with van der Waals surface area (Å²) in [5, 5.41) is 6.31. The Balaban J connectivity index is 1.50. The molecule has 0 saturated carbocycles. The molecular formula is C25H22FN3O6. The van der Waals surface area contributed by atoms with Gasteiger partial charge in [-0.1, -0.05) is 18.2 Å². The van der Waals surface area contributed by atoms with E-state index in [1.807, 2.05) is 0 Å². The second kappa shape index (κ2) is 11.9. The molecule has 9 nitrogen and oxygen atoms in total. The van der Waals surface area contributed by atoms with Crippen LogP contribution in [0.3, 0.4) is 0 Å². The Kier molecular flexibility index (Phi) is 8.49. The summed E-state index contributed by atoms with van der Waals surface area (Å²) in [6.45, 7) is -0.310. The first-order chi connectivity index (χ1) is 16.9. The van der Waals surface area contributed by atoms with Crippen LogP contribution in [0.25, 0.3) is 0 Å². The molecule has 3 rings (SSSR count). The molecule has 0 atom stereocenters. The first-order valence-electron chi connectivity index (χ1n) is 10.3. The Hall–Kier alpha value is -4.73. The van der Waals surface area contributed by atoms with Crippen LogP contribution in [0, 0.1) is 5.82 Å². The number of benzene rings is 3. The van der Waals surface area contributed by atoms with Crippen molar-refractivity contribution in [3.05, 3.63) is 89.2 Å². The summed E-state index contributed by atoms with van der Waals surface area (Å²) < 4.78 is 28.8. The van der Waals surface area contributed by atoms with Crippen molar-refractivity contribution in [3.63, 3.8) is 0 Å². The lowest BCUT2D eigenvalue weighted by Crippen LogP contribution is -2.34. The SMILES string of the molecule is COc1ccc(C(=O)NCC(=O)N/N=C/c2cccc(OC(=O)c3cccc(F)c3)c2)cc1OC. The third-order valence-corrected chi connectivity index (χ3v) is 4.59. The highest BCUT2D eigenvalue weighted by molar-refractivity contribution is 5.97. The molecule has 0 aliphatic heterocycles. The molecule has 180 valence electrons. The molecule has 35 heavy (non-hydrogen) atoms. The Labute approximate surface area is 200 Å². The molecular weight excluding hydrogens is 457 g/mol. The highest BCUT2D eigenvalue weighted by Crippen LogP contribution is 2.27. The zero-order chi connectivity index (χ0) is 25.2. The van der Waals surface area contributed by atoms with Crippen LogP contribution < -0.4 is 25.0 Å². The van der Waals surface area contributed by atoms with Gasteiger partial charge in [0.15, 0.2) is 11.5 Å². The summed E-state index contributed by atoms with van der Waals surface area (Å²) in [5.41, 5.74) is 3.19. The number of nitrogens with zero attached hydrogens (tertiary/aromatic N) is 1. The van der Waals surface area contributed by atoms with Gasteiger partial charge in [0.25, 0.3) is 11.8 Å². The maximum Gasteiger partial charge on any atom is 0.343 e. The van der Waals surface area contributed by atoms with Crippen molar-refractivity contribution >= 4 is 24.0 Å². The molecule has 10 heteroatoms. The predicted molar refractivity (Wildman–Crippen MR) is 125 cm³/mol. The van der Waals surface area contributed by atoms with Gasteiger partial charge >= 0.3 is 5.97 Å². The van der Waals surface area contributed by atoms with Gasteiger partial charge in [0.05, 0.1) is 32.5 Å². The van der Waals surface area contributed by atoms with E-state index in [1.54, 1.807) is 30.3 Å². The molecule has 0 fully saturated rings. The van der Waals surface area contributed by atoms with E-state index in [9.17, 15) is 18.8 Å². The number of nitrogens with one attached hydrogen (secondary N) is 2. The number of methoxy groups -OCH3 is 2. The number of carbonyl (C=O) groups excluding carboxylic acids is 3. The van der Waals surface area contributed by atoms with Crippen LogP contribution >= 0.6 is 0 Å². The molecule has 2 amide bonds. The van der Waals surface area contributed by atoms with Crippen molar-refractivity contribution in [3.8, 4) is 17.2 Å². The normalized spacial score (nSPS) is 10.5. The van der Waals surface area contributed by atoms with Gasteiger partial charge in [-0.05, 0) is 54.1 Å². The topological polar surface area (TPSA) is 115 Å². The van der Waals surface area contributed by atoms with Gasteiger partial charge in [0.2, 0.25) is 0 Å². The molecule has 0 radical (unpaired) electrons. The first-order valence-corrected chi connectivity index (χ1v) is 10.3. The van der Waals surface area contributed by atoms with Gasteiger partial charge in [-0.25, -0.2) is 14.6 Å². The number of hydrogen-bond acceptors (Lipinski definition) is 7. The molecule has 3 aromatic rings. The maximum absolute atomic E-state index is 13.3. The molecule has 0 aromatic heterocycles. The van der Waals surface area contributed by atoms with Crippen molar-refractivity contribution in [1.29, 1.82) is 0 Å². The van der Waals surface area contributed by atoms with Gasteiger partial charge < -0.3 is 19.5 Å². The van der Waals surface area contributed by atoms with E-state index in [0.29, 0.717) is 22.6 Å². The highest BCUT2D eigenvalue weighted by atomic mass is 19.1. The van der Waals surface area contributed by atoms with E-state index >= 15 is 0 Å². The first kappa shape index (κ1) is 24.9. The molecule has 0 spiro atoms. The minimum atomic E-state index is -0.711. The molecule has 3 aromatic carbocycles. The minimum Gasteiger partial charge on any atom is -0.493 e. The Morgan fingerprint density at radius 2 is 1.69 bits per heavy atom. The molecule has 0 aliphatic carbocycles. The molecule has 0 unspecified atom stereocenters. The molecule has 0 aliphatic rings. The van der Waals surface area contributed by atoms with Crippen LogP contribution in [0.2, 0.25) is 0 Å². The quantitative estimate of drug-likeness (QED) is 0.211. The molecule has 2 N–H and O–H groups in total. The standard InChI is InChI=1S/C25H22FN3O6/c1-33-21-10-9-17(13-22(21)34-2)24(31)27-15-23(30)29-28-14-16-5-3-8-20(11-16)35-25(32)18-6-4-7-19(26)12-18/h3-14H,15H2,1-2H3,(H,27,31)(H,29,30)/b28-14+. The second-order valence-electron chi connectivity index (χ2n) is 7.02. The van der Waals surface area contributed by atoms with Gasteiger partial charge in [0, 0.05) is 5.56 Å². The number of carbonyl (C=O) groups is 3. The third-order valence-electron chi connectivity index (χ3n) is 4.59. The van der Waals surface area contributed by atoms with Gasteiger partial charge in [0.1, 0.15) is 11.6 Å². The summed E-state index contributed by atoms with van der Waals surface area (Å²) >= 11 is 0. The summed E-state index contributed by atoms with van der Waals surface area (Å²) in [5.74, 6) is -1.20. The second-order valence-corrected chi connectivity index (χ2v) is 7.02.